The average molecular weight is 348 g/mol. The number of anilines is 1. The number of amidine groups is 1. The molecule has 0 bridgehead atoms. The number of para-hydroxylation sites is 1. The van der Waals surface area contributed by atoms with Crippen LogP contribution in [0.4, 0.5) is 5.69 Å². The number of Topliss-reactive ketones (excluding diaryl/α,β-unsaturated/α-hetero) is 2. The van der Waals surface area contributed by atoms with E-state index in [1.165, 1.54) is 11.8 Å². The van der Waals surface area contributed by atoms with Crippen molar-refractivity contribution in [1.82, 2.24) is 0 Å². The molecular weight excluding hydrogens is 336 g/mol. The maximum absolute atomic E-state index is 13.0. The summed E-state index contributed by atoms with van der Waals surface area (Å²) < 4.78 is 0. The molecule has 1 N–H and O–H groups in total. The lowest BCUT2D eigenvalue weighted by Crippen LogP contribution is -2.54. The van der Waals surface area contributed by atoms with Gasteiger partial charge in [0, 0.05) is 16.0 Å². The average Bonchev–Trinajstić information content (AvgIpc) is 2.98. The van der Waals surface area contributed by atoms with Gasteiger partial charge in [-0.05, 0) is 30.8 Å². The van der Waals surface area contributed by atoms with Crippen molar-refractivity contribution in [3.05, 3.63) is 70.9 Å². The number of rotatable bonds is 0. The molecule has 0 saturated carbocycles. The fourth-order valence-electron chi connectivity index (χ4n) is 3.58. The van der Waals surface area contributed by atoms with Crippen LogP contribution in [0, 0.1) is 0 Å². The molecular formula is C19H12N2O3S. The second-order valence-corrected chi connectivity index (χ2v) is 7.26. The van der Waals surface area contributed by atoms with Gasteiger partial charge in [0.15, 0.2) is 16.7 Å². The first-order valence-corrected chi connectivity index (χ1v) is 8.63. The maximum Gasteiger partial charge on any atom is 0.212 e. The molecule has 0 spiro atoms. The van der Waals surface area contributed by atoms with Gasteiger partial charge in [-0.2, -0.15) is 0 Å². The molecule has 2 aliphatic heterocycles. The molecule has 0 aromatic heterocycles. The number of aliphatic hydroxyl groups is 1. The van der Waals surface area contributed by atoms with Crippen molar-refractivity contribution in [2.45, 2.75) is 17.5 Å². The van der Waals surface area contributed by atoms with E-state index in [1.807, 2.05) is 24.3 Å². The fraction of sp³-hybridized carbons (Fsp3) is 0.105. The highest BCUT2D eigenvalue weighted by molar-refractivity contribution is 8.14. The van der Waals surface area contributed by atoms with Crippen molar-refractivity contribution in [1.29, 1.82) is 0 Å². The number of carbonyl (C=O) groups excluding carboxylic acids is 2. The first-order chi connectivity index (χ1) is 12.0. The third kappa shape index (κ3) is 1.75. The number of fused-ring (bicyclic) bond motifs is 4. The number of benzene rings is 2. The topological polar surface area (TPSA) is 70.0 Å². The lowest BCUT2D eigenvalue weighted by molar-refractivity contribution is 0.0782. The Morgan fingerprint density at radius 2 is 1.64 bits per heavy atom. The van der Waals surface area contributed by atoms with E-state index in [2.05, 4.69) is 4.99 Å². The second-order valence-electron chi connectivity index (χ2n) is 6.25. The number of carbonyl (C=O) groups is 2. The molecule has 2 aromatic carbocycles. The first kappa shape index (κ1) is 14.6. The number of allylic oxidation sites excluding steroid dienone is 1. The summed E-state index contributed by atoms with van der Waals surface area (Å²) in [4.78, 5) is 33.0. The minimum absolute atomic E-state index is 0.0391. The zero-order valence-corrected chi connectivity index (χ0v) is 14.0. The van der Waals surface area contributed by atoms with Gasteiger partial charge in [0.05, 0.1) is 11.3 Å². The van der Waals surface area contributed by atoms with Crippen LogP contribution in [0.15, 0.2) is 69.7 Å². The van der Waals surface area contributed by atoms with Gasteiger partial charge >= 0.3 is 0 Å². The van der Waals surface area contributed by atoms with Gasteiger partial charge in [-0.1, -0.05) is 36.4 Å². The maximum atomic E-state index is 13.0. The van der Waals surface area contributed by atoms with E-state index in [1.54, 1.807) is 36.1 Å². The van der Waals surface area contributed by atoms with Gasteiger partial charge in [0.1, 0.15) is 5.70 Å². The summed E-state index contributed by atoms with van der Waals surface area (Å²) in [7, 11) is 0. The molecule has 122 valence electrons. The normalized spacial score (nSPS) is 23.8. The molecule has 0 radical (unpaired) electrons. The van der Waals surface area contributed by atoms with Crippen LogP contribution in [0.3, 0.4) is 0 Å². The third-order valence-corrected chi connectivity index (χ3v) is 5.73. The van der Waals surface area contributed by atoms with Gasteiger partial charge < -0.3 is 5.11 Å². The summed E-state index contributed by atoms with van der Waals surface area (Å²) in [6.45, 7) is 1.54. The first-order valence-electron chi connectivity index (χ1n) is 7.81. The van der Waals surface area contributed by atoms with E-state index in [9.17, 15) is 14.7 Å². The molecule has 5 nitrogen and oxygen atoms in total. The summed E-state index contributed by atoms with van der Waals surface area (Å²) in [6, 6.07) is 14.2. The summed E-state index contributed by atoms with van der Waals surface area (Å²) in [6.07, 6.45) is 0. The smallest absolute Gasteiger partial charge is 0.212 e. The number of thioether (sulfide) groups is 1. The van der Waals surface area contributed by atoms with Crippen LogP contribution >= 0.6 is 11.8 Å². The van der Waals surface area contributed by atoms with Crippen molar-refractivity contribution in [2.75, 3.05) is 4.90 Å². The highest BCUT2D eigenvalue weighted by Crippen LogP contribution is 2.49. The van der Waals surface area contributed by atoms with Crippen LogP contribution in [0.2, 0.25) is 0 Å². The minimum atomic E-state index is -1.65. The Labute approximate surface area is 147 Å². The molecule has 3 aliphatic rings. The number of hydrogen-bond acceptors (Lipinski definition) is 6. The van der Waals surface area contributed by atoms with Crippen molar-refractivity contribution in [3.8, 4) is 0 Å². The van der Waals surface area contributed by atoms with Gasteiger partial charge in [0.25, 0.3) is 0 Å². The molecule has 25 heavy (non-hydrogen) atoms. The van der Waals surface area contributed by atoms with Crippen molar-refractivity contribution < 1.29 is 14.7 Å². The predicted octanol–water partition coefficient (Wildman–Crippen LogP) is 3.01. The molecule has 6 heteroatoms. The summed E-state index contributed by atoms with van der Waals surface area (Å²) in [5, 5.41) is 11.8. The number of aliphatic imine (C=N–C) groups is 1. The monoisotopic (exact) mass is 348 g/mol. The molecule has 1 atom stereocenters. The van der Waals surface area contributed by atoms with E-state index in [-0.39, 0.29) is 22.8 Å². The van der Waals surface area contributed by atoms with Crippen LogP contribution < -0.4 is 4.90 Å². The Kier molecular flexibility index (Phi) is 2.74. The van der Waals surface area contributed by atoms with E-state index >= 15 is 0 Å². The Hall–Kier alpha value is -2.70. The van der Waals surface area contributed by atoms with Gasteiger partial charge in [-0.25, -0.2) is 4.99 Å². The molecule has 2 heterocycles. The third-order valence-electron chi connectivity index (χ3n) is 4.71. The van der Waals surface area contributed by atoms with Crippen LogP contribution in [0.5, 0.6) is 0 Å². The zero-order valence-electron chi connectivity index (χ0n) is 13.2. The van der Waals surface area contributed by atoms with Crippen LogP contribution in [0.1, 0.15) is 27.6 Å². The van der Waals surface area contributed by atoms with E-state index in [4.69, 9.17) is 0 Å². The lowest BCUT2D eigenvalue weighted by atomic mass is 9.81. The Morgan fingerprint density at radius 1 is 1.00 bits per heavy atom. The second kappa shape index (κ2) is 4.68. The predicted molar refractivity (Wildman–Crippen MR) is 95.0 cm³/mol. The number of ketones is 2. The summed E-state index contributed by atoms with van der Waals surface area (Å²) in [5.41, 5.74) is -0.142. The van der Waals surface area contributed by atoms with Crippen molar-refractivity contribution >= 4 is 34.2 Å². The highest BCUT2D eigenvalue weighted by Gasteiger charge is 2.51. The van der Waals surface area contributed by atoms with Gasteiger partial charge in [-0.3, -0.25) is 14.5 Å². The molecule has 1 unspecified atom stereocenters. The van der Waals surface area contributed by atoms with Crippen LogP contribution in [-0.4, -0.2) is 27.6 Å². The molecule has 5 rings (SSSR count). The molecule has 0 fully saturated rings. The van der Waals surface area contributed by atoms with Gasteiger partial charge in [0.2, 0.25) is 5.78 Å². The molecule has 0 amide bonds. The summed E-state index contributed by atoms with van der Waals surface area (Å²) in [5.74, 6) is -0.679. The largest absolute Gasteiger partial charge is 0.366 e. The van der Waals surface area contributed by atoms with Crippen molar-refractivity contribution in [2.24, 2.45) is 4.99 Å². The molecule has 2 aromatic rings. The SMILES string of the molecule is CC1(O)C2=C(N=C3Sc4ccccc4N31)C(=O)c1ccccc1C2=O. The van der Waals surface area contributed by atoms with Crippen LogP contribution in [0.25, 0.3) is 0 Å². The zero-order chi connectivity index (χ0) is 17.3. The van der Waals surface area contributed by atoms with Gasteiger partial charge in [-0.15, -0.1) is 0 Å². The van der Waals surface area contributed by atoms with Crippen LogP contribution in [-0.2, 0) is 0 Å². The highest BCUT2D eigenvalue weighted by atomic mass is 32.2. The molecule has 0 saturated heterocycles. The fourth-order valence-corrected chi connectivity index (χ4v) is 4.70. The van der Waals surface area contributed by atoms with E-state index in [0.29, 0.717) is 16.3 Å². The van der Waals surface area contributed by atoms with E-state index < -0.39 is 5.72 Å². The lowest BCUT2D eigenvalue weighted by Gasteiger charge is -2.41. The Morgan fingerprint density at radius 3 is 2.40 bits per heavy atom. The van der Waals surface area contributed by atoms with Crippen molar-refractivity contribution in [3.63, 3.8) is 0 Å². The van der Waals surface area contributed by atoms with E-state index in [0.717, 1.165) is 10.6 Å². The number of hydrogen-bond donors (Lipinski definition) is 1. The minimum Gasteiger partial charge on any atom is -0.366 e. The quantitative estimate of drug-likeness (QED) is 0.792. The Bertz CT molecular complexity index is 1050. The number of nitrogens with zero attached hydrogens (tertiary/aromatic N) is 2. The Balaban J connectivity index is 1.77. The summed E-state index contributed by atoms with van der Waals surface area (Å²) >= 11 is 1.38. The standard InChI is InChI=1S/C19H12N2O3S/c1-19(24)14-15(17(23)11-7-3-2-6-10(11)16(14)22)20-18-21(19)12-8-4-5-9-13(12)25-18/h2-9,24H,1H3. The molecule has 1 aliphatic carbocycles.